The highest BCUT2D eigenvalue weighted by Gasteiger charge is 2.09. The third kappa shape index (κ3) is 4.64. The Bertz CT molecular complexity index is 391. The average Bonchev–Trinajstić information content (AvgIpc) is 2.75. The first-order valence-corrected chi connectivity index (χ1v) is 6.74. The quantitative estimate of drug-likeness (QED) is 0.329. The lowest BCUT2D eigenvalue weighted by Gasteiger charge is -2.16. The van der Waals surface area contributed by atoms with Crippen molar-refractivity contribution in [2.45, 2.75) is 32.9 Å². The van der Waals surface area contributed by atoms with E-state index in [1.807, 2.05) is 13.8 Å². The van der Waals surface area contributed by atoms with Crippen LogP contribution in [0, 0.1) is 6.92 Å². The van der Waals surface area contributed by atoms with Crippen LogP contribution in [0.25, 0.3) is 0 Å². The molecule has 0 aromatic carbocycles. The van der Waals surface area contributed by atoms with Gasteiger partial charge in [-0.2, -0.15) is 0 Å². The lowest BCUT2D eigenvalue weighted by Crippen LogP contribution is -2.47. The minimum Gasteiger partial charge on any atom is -0.383 e. The van der Waals surface area contributed by atoms with Crippen molar-refractivity contribution in [1.82, 2.24) is 10.7 Å². The summed E-state index contributed by atoms with van der Waals surface area (Å²) in [5.74, 6) is 6.05. The van der Waals surface area contributed by atoms with Gasteiger partial charge in [0.05, 0.1) is 12.6 Å². The van der Waals surface area contributed by atoms with Crippen LogP contribution in [0.2, 0.25) is 0 Å². The van der Waals surface area contributed by atoms with Crippen LogP contribution in [0.15, 0.2) is 17.1 Å². The Morgan fingerprint density at radius 1 is 1.50 bits per heavy atom. The van der Waals surface area contributed by atoms with Crippen LogP contribution in [0.1, 0.15) is 29.6 Å². The second-order valence-corrected chi connectivity index (χ2v) is 5.57. The first kappa shape index (κ1) is 14.9. The molecule has 5 nitrogen and oxygen atoms in total. The molecule has 102 valence electrons. The largest absolute Gasteiger partial charge is 0.383 e. The van der Waals surface area contributed by atoms with Crippen molar-refractivity contribution in [3.05, 3.63) is 21.9 Å². The number of nitrogens with zero attached hydrogens (tertiary/aromatic N) is 1. The molecule has 0 radical (unpaired) electrons. The van der Waals surface area contributed by atoms with Crippen molar-refractivity contribution in [2.24, 2.45) is 10.8 Å². The number of hydrogen-bond donors (Lipinski definition) is 3. The molecular formula is C12H22N4OS. The highest BCUT2D eigenvalue weighted by atomic mass is 32.1. The first-order chi connectivity index (χ1) is 8.56. The van der Waals surface area contributed by atoms with Crippen molar-refractivity contribution >= 4 is 17.3 Å². The highest BCUT2D eigenvalue weighted by molar-refractivity contribution is 7.12. The smallest absolute Gasteiger partial charge is 0.206 e. The van der Waals surface area contributed by atoms with Gasteiger partial charge in [-0.05, 0) is 32.9 Å². The lowest BCUT2D eigenvalue weighted by atomic mass is 10.3. The van der Waals surface area contributed by atoms with Gasteiger partial charge in [-0.3, -0.25) is 5.43 Å². The molecule has 0 saturated carbocycles. The number of aryl methyl sites for hydroxylation is 1. The third-order valence-corrected chi connectivity index (χ3v) is 3.60. The normalized spacial score (nSPS) is 15.3. The van der Waals surface area contributed by atoms with Gasteiger partial charge in [0.25, 0.3) is 0 Å². The van der Waals surface area contributed by atoms with Gasteiger partial charge in [0.2, 0.25) is 5.96 Å². The molecule has 0 spiro atoms. The molecule has 0 aliphatic carbocycles. The van der Waals surface area contributed by atoms with Crippen LogP contribution >= 0.6 is 11.3 Å². The van der Waals surface area contributed by atoms with E-state index in [9.17, 15) is 0 Å². The predicted octanol–water partition coefficient (Wildman–Crippen LogP) is 1.56. The summed E-state index contributed by atoms with van der Waals surface area (Å²) in [4.78, 5) is 7.04. The summed E-state index contributed by atoms with van der Waals surface area (Å²) in [6.45, 7) is 6.75. The molecule has 6 heteroatoms. The maximum atomic E-state index is 5.47. The minimum atomic E-state index is 0.0806. The van der Waals surface area contributed by atoms with E-state index < -0.39 is 0 Å². The Morgan fingerprint density at radius 2 is 2.22 bits per heavy atom. The number of ether oxygens (including phenoxy) is 1. The zero-order chi connectivity index (χ0) is 13.5. The molecule has 2 atom stereocenters. The van der Waals surface area contributed by atoms with Gasteiger partial charge in [-0.15, -0.1) is 11.3 Å². The second kappa shape index (κ2) is 7.35. The summed E-state index contributed by atoms with van der Waals surface area (Å²) in [6, 6.07) is 4.43. The Labute approximate surface area is 112 Å². The number of aliphatic imine (C=N–C) groups is 1. The molecule has 2 unspecified atom stereocenters. The number of guanidine groups is 1. The Balaban J connectivity index is 2.66. The van der Waals surface area contributed by atoms with E-state index in [1.54, 1.807) is 18.4 Å². The molecule has 4 N–H and O–H groups in total. The number of hydrogen-bond acceptors (Lipinski definition) is 4. The van der Waals surface area contributed by atoms with Gasteiger partial charge in [-0.1, -0.05) is 0 Å². The molecular weight excluding hydrogens is 248 g/mol. The fourth-order valence-corrected chi connectivity index (χ4v) is 2.44. The van der Waals surface area contributed by atoms with Crippen molar-refractivity contribution in [3.63, 3.8) is 0 Å². The zero-order valence-electron chi connectivity index (χ0n) is 11.4. The summed E-state index contributed by atoms with van der Waals surface area (Å²) in [6.07, 6.45) is 0. The van der Waals surface area contributed by atoms with E-state index in [-0.39, 0.29) is 12.1 Å². The fourth-order valence-electron chi connectivity index (χ4n) is 1.58. The Morgan fingerprint density at radius 3 is 2.72 bits per heavy atom. The van der Waals surface area contributed by atoms with E-state index >= 15 is 0 Å². The van der Waals surface area contributed by atoms with Crippen molar-refractivity contribution < 1.29 is 4.74 Å². The molecule has 0 bridgehead atoms. The van der Waals surface area contributed by atoms with Crippen LogP contribution in [0.5, 0.6) is 0 Å². The monoisotopic (exact) mass is 270 g/mol. The van der Waals surface area contributed by atoms with Gasteiger partial charge in [0.1, 0.15) is 0 Å². The molecule has 1 aromatic rings. The standard InChI is InChI=1S/C12H22N4OS/c1-8(7-17-4)14-12(16-13)15-10(3)11-6-5-9(2)18-11/h5-6,8,10H,7,13H2,1-4H3,(H2,14,15,16). The number of nitrogens with one attached hydrogen (secondary N) is 2. The second-order valence-electron chi connectivity index (χ2n) is 4.25. The third-order valence-electron chi connectivity index (χ3n) is 2.43. The number of nitrogens with two attached hydrogens (primary N) is 1. The first-order valence-electron chi connectivity index (χ1n) is 5.93. The van der Waals surface area contributed by atoms with E-state index in [2.05, 4.69) is 34.8 Å². The van der Waals surface area contributed by atoms with Gasteiger partial charge in [0.15, 0.2) is 0 Å². The van der Waals surface area contributed by atoms with E-state index in [0.29, 0.717) is 12.6 Å². The Kier molecular flexibility index (Phi) is 6.11. The highest BCUT2D eigenvalue weighted by Crippen LogP contribution is 2.24. The molecule has 0 saturated heterocycles. The van der Waals surface area contributed by atoms with Crippen LogP contribution in [-0.2, 0) is 4.74 Å². The van der Waals surface area contributed by atoms with Gasteiger partial charge >= 0.3 is 0 Å². The van der Waals surface area contributed by atoms with Crippen LogP contribution in [-0.4, -0.2) is 25.7 Å². The van der Waals surface area contributed by atoms with Crippen molar-refractivity contribution in [1.29, 1.82) is 0 Å². The molecule has 1 heterocycles. The lowest BCUT2D eigenvalue weighted by molar-refractivity contribution is 0.179. The van der Waals surface area contributed by atoms with Crippen LogP contribution < -0.4 is 16.6 Å². The molecule has 1 rings (SSSR count). The fraction of sp³-hybridized carbons (Fsp3) is 0.583. The average molecular weight is 270 g/mol. The summed E-state index contributed by atoms with van der Waals surface area (Å²) in [5.41, 5.74) is 2.59. The summed E-state index contributed by atoms with van der Waals surface area (Å²) < 4.78 is 5.06. The maximum absolute atomic E-state index is 5.47. The number of hydrazine groups is 1. The maximum Gasteiger partial charge on any atom is 0.206 e. The number of thiophene rings is 1. The van der Waals surface area contributed by atoms with E-state index in [1.165, 1.54) is 9.75 Å². The zero-order valence-corrected chi connectivity index (χ0v) is 12.2. The van der Waals surface area contributed by atoms with Crippen molar-refractivity contribution in [2.75, 3.05) is 13.7 Å². The van der Waals surface area contributed by atoms with Gasteiger partial charge < -0.3 is 10.1 Å². The molecule has 1 aromatic heterocycles. The van der Waals surface area contributed by atoms with E-state index in [0.717, 1.165) is 0 Å². The molecule has 0 aliphatic rings. The van der Waals surface area contributed by atoms with E-state index in [4.69, 9.17) is 10.6 Å². The van der Waals surface area contributed by atoms with Crippen molar-refractivity contribution in [3.8, 4) is 0 Å². The topological polar surface area (TPSA) is 71.7 Å². The Hall–Kier alpha value is -1.11. The van der Waals surface area contributed by atoms with Gasteiger partial charge in [0, 0.05) is 22.9 Å². The summed E-state index contributed by atoms with van der Waals surface area (Å²) >= 11 is 1.75. The SMILES string of the molecule is COCC(C)NC(=NC(C)c1ccc(C)s1)NN. The van der Waals surface area contributed by atoms with Crippen LogP contribution in [0.4, 0.5) is 0 Å². The molecule has 0 aliphatic heterocycles. The number of rotatable bonds is 5. The predicted molar refractivity (Wildman–Crippen MR) is 76.7 cm³/mol. The van der Waals surface area contributed by atoms with Gasteiger partial charge in [-0.25, -0.2) is 10.8 Å². The minimum absolute atomic E-state index is 0.0806. The molecule has 18 heavy (non-hydrogen) atoms. The van der Waals surface area contributed by atoms with Crippen LogP contribution in [0.3, 0.4) is 0 Å². The summed E-state index contributed by atoms with van der Waals surface area (Å²) in [5, 5.41) is 3.17. The summed E-state index contributed by atoms with van der Waals surface area (Å²) in [7, 11) is 1.67. The molecule has 0 fully saturated rings. The number of methoxy groups -OCH3 is 1. The molecule has 0 amide bonds.